The van der Waals surface area contributed by atoms with Crippen LogP contribution in [0.1, 0.15) is 32.3 Å². The second-order valence-corrected chi connectivity index (χ2v) is 6.86. The van der Waals surface area contributed by atoms with Crippen molar-refractivity contribution >= 4 is 17.3 Å². The first kappa shape index (κ1) is 16.6. The second-order valence-electron chi connectivity index (χ2n) is 6.45. The topological polar surface area (TPSA) is 18.5 Å². The van der Waals surface area contributed by atoms with Crippen LogP contribution in [0.4, 0.5) is 5.69 Å². The highest BCUT2D eigenvalue weighted by Gasteiger charge is 2.24. The number of benzene rings is 1. The number of hydrogen-bond acceptors (Lipinski definition) is 3. The van der Waals surface area contributed by atoms with Gasteiger partial charge in [-0.15, -0.1) is 0 Å². The number of para-hydroxylation sites is 1. The lowest BCUT2D eigenvalue weighted by Crippen LogP contribution is -2.45. The van der Waals surface area contributed by atoms with Crippen LogP contribution in [0.2, 0.25) is 5.02 Å². The fourth-order valence-electron chi connectivity index (χ4n) is 3.05. The predicted molar refractivity (Wildman–Crippen MR) is 92.3 cm³/mol. The first-order chi connectivity index (χ1) is 9.99. The number of likely N-dealkylation sites (tertiary alicyclic amines) is 1. The molecule has 2 rings (SSSR count). The molecular weight excluding hydrogens is 282 g/mol. The molecule has 0 aliphatic carbocycles. The van der Waals surface area contributed by atoms with Gasteiger partial charge in [-0.25, -0.2) is 0 Å². The van der Waals surface area contributed by atoms with E-state index in [9.17, 15) is 0 Å². The Labute approximate surface area is 134 Å². The molecule has 1 aromatic rings. The van der Waals surface area contributed by atoms with Crippen molar-refractivity contribution in [2.75, 3.05) is 32.1 Å². The summed E-state index contributed by atoms with van der Waals surface area (Å²) in [5.74, 6) is 0. The molecule has 4 heteroatoms. The molecule has 1 heterocycles. The zero-order valence-electron chi connectivity index (χ0n) is 13.7. The van der Waals surface area contributed by atoms with Crippen molar-refractivity contribution < 1.29 is 0 Å². The van der Waals surface area contributed by atoms with Crippen LogP contribution in [0.3, 0.4) is 0 Å². The molecule has 0 radical (unpaired) electrons. The van der Waals surface area contributed by atoms with Crippen molar-refractivity contribution in [2.24, 2.45) is 0 Å². The predicted octanol–water partition coefficient (Wildman–Crippen LogP) is 3.37. The minimum absolute atomic E-state index is 0.475. The van der Waals surface area contributed by atoms with E-state index in [0.717, 1.165) is 18.1 Å². The summed E-state index contributed by atoms with van der Waals surface area (Å²) in [6.07, 6.45) is 2.50. The fraction of sp³-hybridized carbons (Fsp3) is 0.647. The Morgan fingerprint density at radius 2 is 2.19 bits per heavy atom. The van der Waals surface area contributed by atoms with E-state index in [4.69, 9.17) is 11.6 Å². The molecule has 118 valence electrons. The van der Waals surface area contributed by atoms with Gasteiger partial charge >= 0.3 is 0 Å². The molecule has 0 saturated carbocycles. The quantitative estimate of drug-likeness (QED) is 0.899. The number of nitrogens with one attached hydrogen (secondary N) is 1. The van der Waals surface area contributed by atoms with Gasteiger partial charge in [-0.1, -0.05) is 37.6 Å². The van der Waals surface area contributed by atoms with Crippen LogP contribution in [0, 0.1) is 0 Å². The largest absolute Gasteiger partial charge is 0.369 e. The second kappa shape index (κ2) is 7.48. The molecule has 1 aromatic carbocycles. The number of piperidine rings is 1. The summed E-state index contributed by atoms with van der Waals surface area (Å²) in [6.45, 7) is 7.52. The van der Waals surface area contributed by atoms with Gasteiger partial charge in [0.15, 0.2) is 0 Å². The smallest absolute Gasteiger partial charge is 0.0642 e. The Balaban J connectivity index is 2.20. The molecule has 1 atom stereocenters. The van der Waals surface area contributed by atoms with Crippen LogP contribution < -0.4 is 10.2 Å². The summed E-state index contributed by atoms with van der Waals surface area (Å²) in [4.78, 5) is 4.79. The summed E-state index contributed by atoms with van der Waals surface area (Å²) in [6, 6.07) is 7.24. The van der Waals surface area contributed by atoms with Crippen LogP contribution in [0.15, 0.2) is 18.2 Å². The van der Waals surface area contributed by atoms with E-state index in [1.165, 1.54) is 30.6 Å². The maximum Gasteiger partial charge on any atom is 0.0642 e. The van der Waals surface area contributed by atoms with Gasteiger partial charge in [-0.3, -0.25) is 0 Å². The van der Waals surface area contributed by atoms with Gasteiger partial charge in [-0.2, -0.15) is 0 Å². The lowest BCUT2D eigenvalue weighted by atomic mass is 10.0. The van der Waals surface area contributed by atoms with Gasteiger partial charge in [0.05, 0.1) is 10.7 Å². The SMILES string of the molecule is CC(C)NCc1cccc(Cl)c1N(C)C1CCCN(C)C1. The van der Waals surface area contributed by atoms with Crippen LogP contribution in [-0.2, 0) is 6.54 Å². The first-order valence-corrected chi connectivity index (χ1v) is 8.29. The van der Waals surface area contributed by atoms with E-state index >= 15 is 0 Å². The van der Waals surface area contributed by atoms with Gasteiger partial charge in [0, 0.05) is 32.2 Å². The highest BCUT2D eigenvalue weighted by molar-refractivity contribution is 6.33. The van der Waals surface area contributed by atoms with Gasteiger partial charge in [0.1, 0.15) is 0 Å². The van der Waals surface area contributed by atoms with E-state index in [1.807, 2.05) is 12.1 Å². The summed E-state index contributed by atoms with van der Waals surface area (Å²) in [5.41, 5.74) is 2.47. The molecule has 1 aliphatic heterocycles. The molecule has 21 heavy (non-hydrogen) atoms. The van der Waals surface area contributed by atoms with E-state index in [1.54, 1.807) is 0 Å². The molecule has 1 N–H and O–H groups in total. The molecule has 1 fully saturated rings. The molecule has 0 bridgehead atoms. The van der Waals surface area contributed by atoms with Gasteiger partial charge in [-0.05, 0) is 38.1 Å². The van der Waals surface area contributed by atoms with Gasteiger partial charge < -0.3 is 15.1 Å². The zero-order valence-corrected chi connectivity index (χ0v) is 14.5. The van der Waals surface area contributed by atoms with E-state index in [2.05, 4.69) is 49.1 Å². The molecule has 0 aromatic heterocycles. The van der Waals surface area contributed by atoms with Crippen molar-refractivity contribution in [3.05, 3.63) is 28.8 Å². The maximum atomic E-state index is 6.51. The number of hydrogen-bond donors (Lipinski definition) is 1. The lowest BCUT2D eigenvalue weighted by molar-refractivity contribution is 0.248. The van der Waals surface area contributed by atoms with Crippen LogP contribution >= 0.6 is 11.6 Å². The van der Waals surface area contributed by atoms with Crippen molar-refractivity contribution in [3.8, 4) is 0 Å². The highest BCUT2D eigenvalue weighted by atomic mass is 35.5. The van der Waals surface area contributed by atoms with Crippen molar-refractivity contribution in [3.63, 3.8) is 0 Å². The number of anilines is 1. The molecule has 0 amide bonds. The van der Waals surface area contributed by atoms with Crippen molar-refractivity contribution in [1.82, 2.24) is 10.2 Å². The van der Waals surface area contributed by atoms with Gasteiger partial charge in [0.2, 0.25) is 0 Å². The standard InChI is InChI=1S/C17H28ClN3/c1-13(2)19-11-14-7-5-9-16(18)17(14)21(4)15-8-6-10-20(3)12-15/h5,7,9,13,15,19H,6,8,10-12H2,1-4H3. The minimum atomic E-state index is 0.475. The first-order valence-electron chi connectivity index (χ1n) is 7.91. The summed E-state index contributed by atoms with van der Waals surface area (Å²) in [5, 5.41) is 4.36. The monoisotopic (exact) mass is 309 g/mol. The Kier molecular flexibility index (Phi) is 5.91. The zero-order chi connectivity index (χ0) is 15.4. The number of halogens is 1. The Morgan fingerprint density at radius 3 is 2.86 bits per heavy atom. The van der Waals surface area contributed by atoms with E-state index in [0.29, 0.717) is 12.1 Å². The normalized spacial score (nSPS) is 20.0. The summed E-state index contributed by atoms with van der Waals surface area (Å²) < 4.78 is 0. The molecule has 1 saturated heterocycles. The maximum absolute atomic E-state index is 6.51. The summed E-state index contributed by atoms with van der Waals surface area (Å²) >= 11 is 6.51. The Morgan fingerprint density at radius 1 is 1.43 bits per heavy atom. The third kappa shape index (κ3) is 4.35. The number of likely N-dealkylation sites (N-methyl/N-ethyl adjacent to an activating group) is 2. The van der Waals surface area contributed by atoms with Crippen LogP contribution in [0.25, 0.3) is 0 Å². The molecule has 1 unspecified atom stereocenters. The van der Waals surface area contributed by atoms with Crippen LogP contribution in [-0.4, -0.2) is 44.2 Å². The van der Waals surface area contributed by atoms with Crippen LogP contribution in [0.5, 0.6) is 0 Å². The average molecular weight is 310 g/mol. The highest BCUT2D eigenvalue weighted by Crippen LogP contribution is 2.32. The average Bonchev–Trinajstić information content (AvgIpc) is 2.44. The van der Waals surface area contributed by atoms with Crippen molar-refractivity contribution in [1.29, 1.82) is 0 Å². The van der Waals surface area contributed by atoms with Gasteiger partial charge in [0.25, 0.3) is 0 Å². The molecule has 3 nitrogen and oxygen atoms in total. The minimum Gasteiger partial charge on any atom is -0.369 e. The van der Waals surface area contributed by atoms with Crippen molar-refractivity contribution in [2.45, 2.75) is 45.3 Å². The fourth-order valence-corrected chi connectivity index (χ4v) is 3.38. The lowest BCUT2D eigenvalue weighted by Gasteiger charge is -2.38. The number of rotatable bonds is 5. The third-order valence-corrected chi connectivity index (χ3v) is 4.58. The van der Waals surface area contributed by atoms with E-state index < -0.39 is 0 Å². The summed E-state index contributed by atoms with van der Waals surface area (Å²) in [7, 11) is 4.39. The van der Waals surface area contributed by atoms with E-state index in [-0.39, 0.29) is 0 Å². The third-order valence-electron chi connectivity index (χ3n) is 4.27. The molecule has 0 spiro atoms. The molecule has 1 aliphatic rings. The molecular formula is C17H28ClN3. The number of nitrogens with zero attached hydrogens (tertiary/aromatic N) is 2. The Bertz CT molecular complexity index is 461. The Hall–Kier alpha value is -0.770.